The van der Waals surface area contributed by atoms with Crippen molar-refractivity contribution in [2.24, 2.45) is 0 Å². The van der Waals surface area contributed by atoms with Gasteiger partial charge in [0.2, 0.25) is 10.0 Å². The Morgan fingerprint density at radius 1 is 1.03 bits per heavy atom. The highest BCUT2D eigenvalue weighted by Crippen LogP contribution is 2.24. The summed E-state index contributed by atoms with van der Waals surface area (Å²) in [6.07, 6.45) is 5.13. The SMILES string of the molecule is COc1ccc(S(=O)(=O)N(Cc2ccco2)Cc2nccn2Cc2c(C)cc(C)cc2C)cc1. The highest BCUT2D eigenvalue weighted by atomic mass is 32.2. The van der Waals surface area contributed by atoms with Crippen LogP contribution in [0.25, 0.3) is 0 Å². The van der Waals surface area contributed by atoms with Crippen LogP contribution in [0.5, 0.6) is 5.75 Å². The predicted molar refractivity (Wildman–Crippen MR) is 130 cm³/mol. The molecule has 2 aromatic carbocycles. The first-order valence-electron chi connectivity index (χ1n) is 11.0. The number of hydrogen-bond acceptors (Lipinski definition) is 5. The topological polar surface area (TPSA) is 77.6 Å². The molecule has 7 nitrogen and oxygen atoms in total. The molecule has 0 bridgehead atoms. The fourth-order valence-electron chi connectivity index (χ4n) is 4.12. The molecule has 0 atom stereocenters. The number of methoxy groups -OCH3 is 1. The van der Waals surface area contributed by atoms with Crippen molar-refractivity contribution in [3.05, 3.63) is 101 Å². The third kappa shape index (κ3) is 5.08. The zero-order valence-corrected chi connectivity index (χ0v) is 20.7. The number of nitrogens with zero attached hydrogens (tertiary/aromatic N) is 3. The van der Waals surface area contributed by atoms with E-state index in [1.165, 1.54) is 32.8 Å². The maximum Gasteiger partial charge on any atom is 0.243 e. The highest BCUT2D eigenvalue weighted by Gasteiger charge is 2.27. The summed E-state index contributed by atoms with van der Waals surface area (Å²) in [5.41, 5.74) is 4.84. The Labute approximate surface area is 200 Å². The first-order chi connectivity index (χ1) is 16.3. The number of ether oxygens (including phenoxy) is 1. The van der Waals surface area contributed by atoms with Gasteiger partial charge in [0, 0.05) is 18.9 Å². The Bertz CT molecular complexity index is 1330. The summed E-state index contributed by atoms with van der Waals surface area (Å²) in [4.78, 5) is 4.68. The van der Waals surface area contributed by atoms with Crippen LogP contribution >= 0.6 is 0 Å². The first-order valence-corrected chi connectivity index (χ1v) is 12.4. The Morgan fingerprint density at radius 2 is 1.74 bits per heavy atom. The van der Waals surface area contributed by atoms with Crippen molar-refractivity contribution < 1.29 is 17.6 Å². The summed E-state index contributed by atoms with van der Waals surface area (Å²) in [6.45, 7) is 7.10. The molecule has 0 unspecified atom stereocenters. The molecule has 0 amide bonds. The number of furan rings is 1. The third-order valence-electron chi connectivity index (χ3n) is 5.90. The van der Waals surface area contributed by atoms with Crippen molar-refractivity contribution >= 4 is 10.0 Å². The van der Waals surface area contributed by atoms with Crippen molar-refractivity contribution in [3.63, 3.8) is 0 Å². The number of benzene rings is 2. The maximum absolute atomic E-state index is 13.6. The minimum absolute atomic E-state index is 0.0941. The van der Waals surface area contributed by atoms with Gasteiger partial charge in [0.1, 0.15) is 17.3 Å². The van der Waals surface area contributed by atoms with Crippen molar-refractivity contribution in [1.29, 1.82) is 0 Å². The molecule has 0 radical (unpaired) electrons. The van der Waals surface area contributed by atoms with Gasteiger partial charge >= 0.3 is 0 Å². The van der Waals surface area contributed by atoms with Gasteiger partial charge in [0.05, 0.1) is 31.4 Å². The molecule has 0 saturated heterocycles. The van der Waals surface area contributed by atoms with Gasteiger partial charge in [-0.25, -0.2) is 13.4 Å². The molecule has 8 heteroatoms. The second-order valence-electron chi connectivity index (χ2n) is 8.38. The fourth-order valence-corrected chi connectivity index (χ4v) is 5.48. The fraction of sp³-hybridized carbons (Fsp3) is 0.269. The van der Waals surface area contributed by atoms with E-state index in [1.54, 1.807) is 49.7 Å². The molecule has 2 aromatic heterocycles. The van der Waals surface area contributed by atoms with E-state index in [9.17, 15) is 8.42 Å². The highest BCUT2D eigenvalue weighted by molar-refractivity contribution is 7.89. The average Bonchev–Trinajstić information content (AvgIpc) is 3.48. The Morgan fingerprint density at radius 3 is 2.35 bits per heavy atom. The first kappa shape index (κ1) is 23.8. The summed E-state index contributed by atoms with van der Waals surface area (Å²) in [5, 5.41) is 0. The standard InChI is InChI=1S/C26H29N3O4S/c1-19-14-20(2)25(21(3)15-19)17-28-12-11-27-26(28)18-29(16-23-6-5-13-33-23)34(30,31)24-9-7-22(32-4)8-10-24/h5-15H,16-18H2,1-4H3. The number of sulfonamides is 1. The maximum atomic E-state index is 13.6. The summed E-state index contributed by atoms with van der Waals surface area (Å²) < 4.78 is 41.2. The second-order valence-corrected chi connectivity index (χ2v) is 10.3. The predicted octanol–water partition coefficient (Wildman–Crippen LogP) is 4.85. The van der Waals surface area contributed by atoms with Gasteiger partial charge in [-0.15, -0.1) is 0 Å². The lowest BCUT2D eigenvalue weighted by molar-refractivity contribution is 0.348. The molecular formula is C26H29N3O4S. The number of aryl methyl sites for hydroxylation is 3. The minimum atomic E-state index is -3.83. The van der Waals surface area contributed by atoms with E-state index in [-0.39, 0.29) is 18.0 Å². The number of rotatable bonds is 9. The zero-order chi connectivity index (χ0) is 24.3. The molecule has 178 valence electrons. The quantitative estimate of drug-likeness (QED) is 0.343. The molecular weight excluding hydrogens is 450 g/mol. The van der Waals surface area contributed by atoms with Crippen LogP contribution in [0.2, 0.25) is 0 Å². The van der Waals surface area contributed by atoms with Gasteiger partial charge in [0.25, 0.3) is 0 Å². The Hall–Kier alpha value is -3.36. The van der Waals surface area contributed by atoms with Crippen molar-refractivity contribution in [2.45, 2.75) is 45.3 Å². The molecule has 34 heavy (non-hydrogen) atoms. The molecule has 0 fully saturated rings. The second kappa shape index (κ2) is 9.87. The lowest BCUT2D eigenvalue weighted by atomic mass is 10.00. The van der Waals surface area contributed by atoms with Crippen LogP contribution in [0.4, 0.5) is 0 Å². The lowest BCUT2D eigenvalue weighted by Crippen LogP contribution is -2.31. The molecule has 0 saturated carbocycles. The van der Waals surface area contributed by atoms with E-state index < -0.39 is 10.0 Å². The van der Waals surface area contributed by atoms with Crippen molar-refractivity contribution in [1.82, 2.24) is 13.9 Å². The minimum Gasteiger partial charge on any atom is -0.497 e. The van der Waals surface area contributed by atoms with Gasteiger partial charge < -0.3 is 13.7 Å². The molecule has 0 N–H and O–H groups in total. The molecule has 0 aliphatic rings. The number of hydrogen-bond donors (Lipinski definition) is 0. The normalized spacial score (nSPS) is 11.8. The van der Waals surface area contributed by atoms with E-state index in [4.69, 9.17) is 9.15 Å². The van der Waals surface area contributed by atoms with E-state index in [1.807, 2.05) is 10.8 Å². The number of imidazole rings is 1. The lowest BCUT2D eigenvalue weighted by Gasteiger charge is -2.22. The third-order valence-corrected chi connectivity index (χ3v) is 7.70. The van der Waals surface area contributed by atoms with Crippen molar-refractivity contribution in [3.8, 4) is 5.75 Å². The Balaban J connectivity index is 1.66. The van der Waals surface area contributed by atoms with Crippen LogP contribution in [-0.2, 0) is 29.7 Å². The summed E-state index contributed by atoms with van der Waals surface area (Å²) in [5.74, 6) is 1.80. The molecule has 0 spiro atoms. The molecule has 0 aliphatic heterocycles. The van der Waals surface area contributed by atoms with E-state index >= 15 is 0 Å². The van der Waals surface area contributed by atoms with E-state index in [0.29, 0.717) is 23.9 Å². The van der Waals surface area contributed by atoms with E-state index in [0.717, 1.165) is 0 Å². The van der Waals surface area contributed by atoms with Crippen LogP contribution in [-0.4, -0.2) is 29.4 Å². The summed E-state index contributed by atoms with van der Waals surface area (Å²) in [6, 6.07) is 14.2. The van der Waals surface area contributed by atoms with Gasteiger partial charge in [-0.2, -0.15) is 4.31 Å². The van der Waals surface area contributed by atoms with Crippen molar-refractivity contribution in [2.75, 3.05) is 7.11 Å². The monoisotopic (exact) mass is 479 g/mol. The van der Waals surface area contributed by atoms with E-state index in [2.05, 4.69) is 37.9 Å². The Kier molecular flexibility index (Phi) is 6.90. The van der Waals surface area contributed by atoms with Gasteiger partial charge in [-0.3, -0.25) is 0 Å². The van der Waals surface area contributed by atoms with Gasteiger partial charge in [-0.05, 0) is 73.9 Å². The van der Waals surface area contributed by atoms with Crippen LogP contribution in [0.1, 0.15) is 33.8 Å². The smallest absolute Gasteiger partial charge is 0.243 e. The molecule has 4 aromatic rings. The molecule has 2 heterocycles. The zero-order valence-electron chi connectivity index (χ0n) is 19.9. The molecule has 4 rings (SSSR count). The summed E-state index contributed by atoms with van der Waals surface area (Å²) >= 11 is 0. The van der Waals surface area contributed by atoms with Crippen LogP contribution < -0.4 is 4.74 Å². The average molecular weight is 480 g/mol. The number of aromatic nitrogens is 2. The van der Waals surface area contributed by atoms with Gasteiger partial charge in [-0.1, -0.05) is 17.7 Å². The summed E-state index contributed by atoms with van der Waals surface area (Å²) in [7, 11) is -2.28. The molecule has 0 aliphatic carbocycles. The van der Waals surface area contributed by atoms with Crippen LogP contribution in [0.15, 0.2) is 76.5 Å². The van der Waals surface area contributed by atoms with Gasteiger partial charge in [0.15, 0.2) is 0 Å². The largest absolute Gasteiger partial charge is 0.497 e. The van der Waals surface area contributed by atoms with Crippen LogP contribution in [0.3, 0.4) is 0 Å². The van der Waals surface area contributed by atoms with Crippen LogP contribution in [0, 0.1) is 20.8 Å².